The molecule has 0 saturated carbocycles. The average Bonchev–Trinajstić information content (AvgIpc) is 2.50. The Hall–Kier alpha value is -2.94. The van der Waals surface area contributed by atoms with E-state index in [1.54, 1.807) is 0 Å². The molecule has 0 aromatic heterocycles. The van der Waals surface area contributed by atoms with E-state index in [9.17, 15) is 13.6 Å². The van der Waals surface area contributed by atoms with E-state index in [0.717, 1.165) is 12.1 Å². The van der Waals surface area contributed by atoms with Gasteiger partial charge in [-0.1, -0.05) is 0 Å². The first-order chi connectivity index (χ1) is 10.1. The first-order valence-electron chi connectivity index (χ1n) is 5.79. The monoisotopic (exact) mass is 289 g/mol. The number of halogens is 2. The molecule has 0 saturated heterocycles. The van der Waals surface area contributed by atoms with Gasteiger partial charge in [-0.25, -0.2) is 8.78 Å². The Labute approximate surface area is 119 Å². The van der Waals surface area contributed by atoms with Crippen LogP contribution in [0.2, 0.25) is 0 Å². The van der Waals surface area contributed by atoms with Crippen molar-refractivity contribution in [2.24, 2.45) is 0 Å². The summed E-state index contributed by atoms with van der Waals surface area (Å²) < 4.78 is 37.7. The fourth-order valence-electron chi connectivity index (χ4n) is 1.68. The largest absolute Gasteiger partial charge is 0.493 e. The quantitative estimate of drug-likeness (QED) is 0.809. The topological polar surface area (TPSA) is 59.3 Å². The van der Waals surface area contributed by atoms with Crippen LogP contribution >= 0.6 is 0 Å². The summed E-state index contributed by atoms with van der Waals surface area (Å²) in [6, 6.07) is 7.80. The van der Waals surface area contributed by atoms with Crippen molar-refractivity contribution in [3.63, 3.8) is 0 Å². The van der Waals surface area contributed by atoms with Crippen LogP contribution < -0.4 is 9.47 Å². The Bertz CT molecular complexity index is 715. The van der Waals surface area contributed by atoms with Gasteiger partial charge in [-0.3, -0.25) is 4.79 Å². The Balaban J connectivity index is 2.43. The minimum atomic E-state index is -1.01. The van der Waals surface area contributed by atoms with Gasteiger partial charge in [0, 0.05) is 11.6 Å². The van der Waals surface area contributed by atoms with Crippen molar-refractivity contribution >= 4 is 6.29 Å². The summed E-state index contributed by atoms with van der Waals surface area (Å²) in [5.41, 5.74) is 0.181. The summed E-state index contributed by atoms with van der Waals surface area (Å²) >= 11 is 0. The molecule has 0 bridgehead atoms. The maximum atomic E-state index is 13.7. The molecule has 6 heteroatoms. The number of benzene rings is 2. The summed E-state index contributed by atoms with van der Waals surface area (Å²) in [5, 5.41) is 8.78. The van der Waals surface area contributed by atoms with Crippen LogP contribution in [0.5, 0.6) is 17.2 Å². The Morgan fingerprint density at radius 3 is 2.33 bits per heavy atom. The highest BCUT2D eigenvalue weighted by molar-refractivity contribution is 5.75. The van der Waals surface area contributed by atoms with Gasteiger partial charge in [-0.15, -0.1) is 0 Å². The number of carbonyl (C=O) groups excluding carboxylic acids is 1. The maximum Gasteiger partial charge on any atom is 0.198 e. The molecule has 4 nitrogen and oxygen atoms in total. The van der Waals surface area contributed by atoms with Crippen molar-refractivity contribution in [3.8, 4) is 23.3 Å². The predicted molar refractivity (Wildman–Crippen MR) is 69.5 cm³/mol. The zero-order chi connectivity index (χ0) is 15.4. The first kappa shape index (κ1) is 14.5. The van der Waals surface area contributed by atoms with Crippen LogP contribution in [0.15, 0.2) is 30.3 Å². The van der Waals surface area contributed by atoms with Crippen molar-refractivity contribution in [2.45, 2.75) is 0 Å². The number of ether oxygens (including phenoxy) is 2. The molecular formula is C15H9F2NO3. The summed E-state index contributed by atoms with van der Waals surface area (Å²) in [5.74, 6) is -2.46. The molecule has 0 fully saturated rings. The zero-order valence-corrected chi connectivity index (χ0v) is 10.9. The number of rotatable bonds is 4. The number of aldehydes is 1. The minimum absolute atomic E-state index is 0.0492. The number of methoxy groups -OCH3 is 1. The number of hydrogen-bond acceptors (Lipinski definition) is 4. The number of carbonyl (C=O) groups is 1. The van der Waals surface area contributed by atoms with E-state index in [0.29, 0.717) is 11.8 Å². The lowest BCUT2D eigenvalue weighted by Gasteiger charge is -2.12. The van der Waals surface area contributed by atoms with Crippen LogP contribution in [0, 0.1) is 23.0 Å². The van der Waals surface area contributed by atoms with E-state index in [-0.39, 0.29) is 17.1 Å². The average molecular weight is 289 g/mol. The smallest absolute Gasteiger partial charge is 0.198 e. The van der Waals surface area contributed by atoms with Crippen LogP contribution in [-0.2, 0) is 0 Å². The van der Waals surface area contributed by atoms with E-state index < -0.39 is 17.4 Å². The normalized spacial score (nSPS) is 9.81. The Kier molecular flexibility index (Phi) is 4.14. The highest BCUT2D eigenvalue weighted by atomic mass is 19.1. The van der Waals surface area contributed by atoms with E-state index >= 15 is 0 Å². The molecule has 0 amide bonds. The predicted octanol–water partition coefficient (Wildman–Crippen LogP) is 3.45. The second-order valence-electron chi connectivity index (χ2n) is 4.01. The highest BCUT2D eigenvalue weighted by Crippen LogP contribution is 2.35. The van der Waals surface area contributed by atoms with Crippen molar-refractivity contribution in [3.05, 3.63) is 53.1 Å². The third-order valence-electron chi connectivity index (χ3n) is 2.66. The number of hydrogen-bond donors (Lipinski definition) is 0. The summed E-state index contributed by atoms with van der Waals surface area (Å²) in [4.78, 5) is 10.5. The molecule has 106 valence electrons. The fourth-order valence-corrected chi connectivity index (χ4v) is 1.68. The van der Waals surface area contributed by atoms with Gasteiger partial charge < -0.3 is 9.47 Å². The standard InChI is InChI=1S/C15H9F2NO3/c1-20-14-6-9(7-18)2-3-13(14)21-15-11(16)4-10(8-19)5-12(15)17/h2-6,8H,1H3. The lowest BCUT2D eigenvalue weighted by atomic mass is 10.2. The molecule has 2 aromatic rings. The molecule has 0 atom stereocenters. The molecule has 21 heavy (non-hydrogen) atoms. The van der Waals surface area contributed by atoms with Gasteiger partial charge in [0.05, 0.1) is 18.7 Å². The minimum Gasteiger partial charge on any atom is -0.493 e. The van der Waals surface area contributed by atoms with Crippen LogP contribution in [0.25, 0.3) is 0 Å². The molecule has 0 aliphatic carbocycles. The molecule has 0 aliphatic rings. The summed E-state index contributed by atoms with van der Waals surface area (Å²) in [6.07, 6.45) is 0.332. The van der Waals surface area contributed by atoms with Gasteiger partial charge in [0.1, 0.15) is 6.29 Å². The van der Waals surface area contributed by atoms with E-state index in [2.05, 4.69) is 0 Å². The molecule has 0 radical (unpaired) electrons. The van der Waals surface area contributed by atoms with Crippen molar-refractivity contribution in [1.29, 1.82) is 5.26 Å². The second kappa shape index (κ2) is 6.01. The maximum absolute atomic E-state index is 13.7. The second-order valence-corrected chi connectivity index (χ2v) is 4.01. The molecular weight excluding hydrogens is 280 g/mol. The van der Waals surface area contributed by atoms with Crippen LogP contribution in [0.3, 0.4) is 0 Å². The summed E-state index contributed by atoms with van der Waals surface area (Å²) in [6.45, 7) is 0. The number of nitriles is 1. The van der Waals surface area contributed by atoms with E-state index in [1.165, 1.54) is 25.3 Å². The van der Waals surface area contributed by atoms with Crippen molar-refractivity contribution in [1.82, 2.24) is 0 Å². The molecule has 2 aromatic carbocycles. The third-order valence-corrected chi connectivity index (χ3v) is 2.66. The highest BCUT2D eigenvalue weighted by Gasteiger charge is 2.16. The lowest BCUT2D eigenvalue weighted by molar-refractivity contribution is 0.112. The van der Waals surface area contributed by atoms with Gasteiger partial charge in [-0.05, 0) is 24.3 Å². The van der Waals surface area contributed by atoms with Crippen molar-refractivity contribution in [2.75, 3.05) is 7.11 Å². The van der Waals surface area contributed by atoms with Gasteiger partial charge in [0.15, 0.2) is 28.9 Å². The zero-order valence-electron chi connectivity index (χ0n) is 10.9. The van der Waals surface area contributed by atoms with Gasteiger partial charge in [0.2, 0.25) is 0 Å². The molecule has 0 N–H and O–H groups in total. The van der Waals surface area contributed by atoms with Gasteiger partial charge in [-0.2, -0.15) is 5.26 Å². The molecule has 0 unspecified atom stereocenters. The summed E-state index contributed by atoms with van der Waals surface area (Å²) in [7, 11) is 1.34. The number of nitrogens with zero attached hydrogens (tertiary/aromatic N) is 1. The van der Waals surface area contributed by atoms with Crippen LogP contribution in [0.4, 0.5) is 8.78 Å². The Morgan fingerprint density at radius 2 is 1.81 bits per heavy atom. The van der Waals surface area contributed by atoms with E-state index in [1.807, 2.05) is 6.07 Å². The van der Waals surface area contributed by atoms with Gasteiger partial charge >= 0.3 is 0 Å². The van der Waals surface area contributed by atoms with Gasteiger partial charge in [0.25, 0.3) is 0 Å². The third kappa shape index (κ3) is 2.98. The first-order valence-corrected chi connectivity index (χ1v) is 5.79. The Morgan fingerprint density at radius 1 is 1.14 bits per heavy atom. The SMILES string of the molecule is COc1cc(C#N)ccc1Oc1c(F)cc(C=O)cc1F. The van der Waals surface area contributed by atoms with Crippen LogP contribution in [-0.4, -0.2) is 13.4 Å². The molecule has 0 spiro atoms. The van der Waals surface area contributed by atoms with Crippen molar-refractivity contribution < 1.29 is 23.0 Å². The van der Waals surface area contributed by atoms with Crippen LogP contribution in [0.1, 0.15) is 15.9 Å². The lowest BCUT2D eigenvalue weighted by Crippen LogP contribution is -1.97. The fraction of sp³-hybridized carbons (Fsp3) is 0.0667. The van der Waals surface area contributed by atoms with E-state index in [4.69, 9.17) is 14.7 Å². The molecule has 0 aliphatic heterocycles. The molecule has 0 heterocycles. The molecule has 2 rings (SSSR count).